The van der Waals surface area contributed by atoms with Crippen molar-refractivity contribution in [1.29, 1.82) is 0 Å². The Balaban J connectivity index is 2.35. The second-order valence-corrected chi connectivity index (χ2v) is 6.83. The van der Waals surface area contributed by atoms with Crippen molar-refractivity contribution >= 4 is 9.84 Å². The largest absolute Gasteiger partial charge is 0.483 e. The van der Waals surface area contributed by atoms with Crippen molar-refractivity contribution in [3.63, 3.8) is 0 Å². The first-order valence-corrected chi connectivity index (χ1v) is 7.64. The Bertz CT molecular complexity index is 586. The summed E-state index contributed by atoms with van der Waals surface area (Å²) in [6.45, 7) is 0.838. The Morgan fingerprint density at radius 3 is 2.68 bits per heavy atom. The van der Waals surface area contributed by atoms with Gasteiger partial charge in [-0.3, -0.25) is 0 Å². The lowest BCUT2D eigenvalue weighted by molar-refractivity contribution is 0.0671. The van der Waals surface area contributed by atoms with Crippen LogP contribution < -0.4 is 9.47 Å². The maximum Gasteiger partial charge on any atom is 0.197 e. The number of benzene rings is 1. The number of nitrogens with zero attached hydrogens (tertiary/aromatic N) is 1. The standard InChI is InChI=1S/C12H16FNO4S/c1-14(2)6-8-7-17-12-10(13)4-9(19(3,15)16)5-11(12)18-8/h4-5,8H,6-7H2,1-3H3. The van der Waals surface area contributed by atoms with Gasteiger partial charge in [0.1, 0.15) is 12.7 Å². The number of fused-ring (bicyclic) bond motifs is 1. The summed E-state index contributed by atoms with van der Waals surface area (Å²) in [4.78, 5) is 1.80. The molecule has 0 bridgehead atoms. The van der Waals surface area contributed by atoms with Crippen molar-refractivity contribution < 1.29 is 22.3 Å². The van der Waals surface area contributed by atoms with E-state index in [1.165, 1.54) is 6.07 Å². The van der Waals surface area contributed by atoms with Gasteiger partial charge in [-0.25, -0.2) is 12.8 Å². The first-order chi connectivity index (χ1) is 8.77. The van der Waals surface area contributed by atoms with Crippen molar-refractivity contribution in [3.05, 3.63) is 17.9 Å². The zero-order chi connectivity index (χ0) is 14.2. The van der Waals surface area contributed by atoms with Crippen LogP contribution in [0.25, 0.3) is 0 Å². The minimum absolute atomic E-state index is 0.0255. The molecule has 7 heteroatoms. The average molecular weight is 289 g/mol. The third-order valence-corrected chi connectivity index (χ3v) is 3.78. The Morgan fingerprint density at radius 1 is 1.42 bits per heavy atom. The van der Waals surface area contributed by atoms with E-state index in [1.54, 1.807) is 0 Å². The summed E-state index contributed by atoms with van der Waals surface area (Å²) in [5.74, 6) is -0.609. The number of hydrogen-bond acceptors (Lipinski definition) is 5. The highest BCUT2D eigenvalue weighted by Gasteiger charge is 2.26. The summed E-state index contributed by atoms with van der Waals surface area (Å²) in [7, 11) is 0.277. The van der Waals surface area contributed by atoms with Crippen molar-refractivity contribution in [3.8, 4) is 11.5 Å². The third-order valence-electron chi connectivity index (χ3n) is 2.69. The Hall–Kier alpha value is -1.34. The van der Waals surface area contributed by atoms with Crippen LogP contribution in [0.4, 0.5) is 4.39 Å². The number of hydrogen-bond donors (Lipinski definition) is 0. The summed E-state index contributed by atoms with van der Waals surface area (Å²) in [5, 5.41) is 0. The SMILES string of the molecule is CN(C)CC1COc2c(F)cc(S(C)(=O)=O)cc2O1. The van der Waals surface area contributed by atoms with Crippen LogP contribution >= 0.6 is 0 Å². The lowest BCUT2D eigenvalue weighted by Gasteiger charge is -2.28. The van der Waals surface area contributed by atoms with Gasteiger partial charge in [-0.05, 0) is 20.2 Å². The predicted octanol–water partition coefficient (Wildman–Crippen LogP) is 0.931. The lowest BCUT2D eigenvalue weighted by atomic mass is 10.2. The van der Waals surface area contributed by atoms with Gasteiger partial charge in [0, 0.05) is 18.9 Å². The van der Waals surface area contributed by atoms with E-state index in [0.29, 0.717) is 6.54 Å². The van der Waals surface area contributed by atoms with Gasteiger partial charge in [0.25, 0.3) is 0 Å². The van der Waals surface area contributed by atoms with E-state index in [1.807, 2.05) is 19.0 Å². The third kappa shape index (κ3) is 3.16. The lowest BCUT2D eigenvalue weighted by Crippen LogP contribution is -2.38. The van der Waals surface area contributed by atoms with Crippen molar-refractivity contribution in [2.24, 2.45) is 0 Å². The molecule has 0 spiro atoms. The van der Waals surface area contributed by atoms with E-state index in [9.17, 15) is 12.8 Å². The van der Waals surface area contributed by atoms with Crippen LogP contribution in [-0.4, -0.2) is 52.9 Å². The topological polar surface area (TPSA) is 55.8 Å². The average Bonchev–Trinajstić information content (AvgIpc) is 2.26. The minimum atomic E-state index is -3.49. The van der Waals surface area contributed by atoms with E-state index in [-0.39, 0.29) is 29.1 Å². The van der Waals surface area contributed by atoms with Crippen LogP contribution in [0, 0.1) is 5.82 Å². The van der Waals surface area contributed by atoms with Crippen LogP contribution in [0.3, 0.4) is 0 Å². The molecule has 1 aliphatic rings. The monoisotopic (exact) mass is 289 g/mol. The molecule has 19 heavy (non-hydrogen) atoms. The van der Waals surface area contributed by atoms with Crippen LogP contribution in [-0.2, 0) is 9.84 Å². The van der Waals surface area contributed by atoms with Crippen molar-refractivity contribution in [2.45, 2.75) is 11.0 Å². The van der Waals surface area contributed by atoms with E-state index >= 15 is 0 Å². The van der Waals surface area contributed by atoms with Crippen LogP contribution in [0.15, 0.2) is 17.0 Å². The molecule has 1 aromatic rings. The molecular formula is C12H16FNO4S. The molecule has 1 heterocycles. The van der Waals surface area contributed by atoms with Gasteiger partial charge in [0.15, 0.2) is 27.2 Å². The molecule has 1 atom stereocenters. The zero-order valence-corrected chi connectivity index (χ0v) is 11.8. The molecule has 0 N–H and O–H groups in total. The number of ether oxygens (including phenoxy) is 2. The summed E-state index contributed by atoms with van der Waals surface area (Å²) in [6.07, 6.45) is 0.770. The van der Waals surface area contributed by atoms with Crippen LogP contribution in [0.1, 0.15) is 0 Å². The van der Waals surface area contributed by atoms with Gasteiger partial charge in [-0.15, -0.1) is 0 Å². The number of likely N-dealkylation sites (N-methyl/N-ethyl adjacent to an activating group) is 1. The van der Waals surface area contributed by atoms with E-state index in [0.717, 1.165) is 12.3 Å². The van der Waals surface area contributed by atoms with Crippen LogP contribution in [0.2, 0.25) is 0 Å². The Morgan fingerprint density at radius 2 is 2.11 bits per heavy atom. The first-order valence-electron chi connectivity index (χ1n) is 5.75. The molecule has 5 nitrogen and oxygen atoms in total. The predicted molar refractivity (Wildman–Crippen MR) is 68.0 cm³/mol. The number of halogens is 1. The smallest absolute Gasteiger partial charge is 0.197 e. The molecular weight excluding hydrogens is 273 g/mol. The highest BCUT2D eigenvalue weighted by atomic mass is 32.2. The molecule has 106 valence electrons. The Labute approximate surface area is 111 Å². The quantitative estimate of drug-likeness (QED) is 0.828. The van der Waals surface area contributed by atoms with Gasteiger partial charge < -0.3 is 14.4 Å². The summed E-state index contributed by atoms with van der Waals surface area (Å²) < 4.78 is 47.6. The van der Waals surface area contributed by atoms with Gasteiger partial charge in [0.05, 0.1) is 4.90 Å². The highest BCUT2D eigenvalue weighted by molar-refractivity contribution is 7.90. The summed E-state index contributed by atoms with van der Waals surface area (Å²) in [6, 6.07) is 2.25. The second kappa shape index (κ2) is 4.97. The summed E-state index contributed by atoms with van der Waals surface area (Å²) in [5.41, 5.74) is 0. The number of sulfone groups is 1. The fourth-order valence-electron chi connectivity index (χ4n) is 1.87. The minimum Gasteiger partial charge on any atom is -0.483 e. The molecule has 0 amide bonds. The second-order valence-electron chi connectivity index (χ2n) is 4.82. The Kier molecular flexibility index (Phi) is 3.69. The van der Waals surface area contributed by atoms with E-state index in [4.69, 9.17) is 9.47 Å². The fourth-order valence-corrected chi connectivity index (χ4v) is 2.51. The summed E-state index contributed by atoms with van der Waals surface area (Å²) >= 11 is 0. The molecule has 2 rings (SSSR count). The fraction of sp³-hybridized carbons (Fsp3) is 0.500. The van der Waals surface area contributed by atoms with Crippen LogP contribution in [0.5, 0.6) is 11.5 Å². The van der Waals surface area contributed by atoms with Gasteiger partial charge >= 0.3 is 0 Å². The van der Waals surface area contributed by atoms with Crippen molar-refractivity contribution in [1.82, 2.24) is 4.90 Å². The van der Waals surface area contributed by atoms with Gasteiger partial charge in [0.2, 0.25) is 0 Å². The molecule has 1 aliphatic heterocycles. The normalized spacial score (nSPS) is 18.7. The molecule has 0 aromatic heterocycles. The molecule has 0 saturated carbocycles. The molecule has 0 radical (unpaired) electrons. The van der Waals surface area contributed by atoms with Crippen molar-refractivity contribution in [2.75, 3.05) is 33.5 Å². The molecule has 0 saturated heterocycles. The van der Waals surface area contributed by atoms with Gasteiger partial charge in [-0.2, -0.15) is 0 Å². The van der Waals surface area contributed by atoms with E-state index < -0.39 is 15.7 Å². The number of rotatable bonds is 3. The maximum absolute atomic E-state index is 13.8. The zero-order valence-electron chi connectivity index (χ0n) is 11.0. The molecule has 0 aliphatic carbocycles. The van der Waals surface area contributed by atoms with E-state index in [2.05, 4.69) is 0 Å². The molecule has 1 aromatic carbocycles. The molecule has 1 unspecified atom stereocenters. The maximum atomic E-state index is 13.8. The highest BCUT2D eigenvalue weighted by Crippen LogP contribution is 2.36. The molecule has 0 fully saturated rings. The van der Waals surface area contributed by atoms with Gasteiger partial charge in [-0.1, -0.05) is 0 Å². The first kappa shape index (κ1) is 14.1.